The van der Waals surface area contributed by atoms with E-state index in [0.717, 1.165) is 33.0 Å². The molecule has 126 valence electrons. The monoisotopic (exact) mass is 368 g/mol. The van der Waals surface area contributed by atoms with E-state index in [1.807, 2.05) is 54.1 Å². The van der Waals surface area contributed by atoms with Crippen molar-refractivity contribution in [1.29, 1.82) is 0 Å². The van der Waals surface area contributed by atoms with Crippen molar-refractivity contribution in [3.8, 4) is 10.6 Å². The van der Waals surface area contributed by atoms with Crippen LogP contribution in [0, 0.1) is 0 Å². The zero-order chi connectivity index (χ0) is 17.2. The SMILES string of the molecule is CC(NC(=O)Cc1csc(-c2ccsc2)n1)c1cc2ccccc2o1. The summed E-state index contributed by atoms with van der Waals surface area (Å²) in [7, 11) is 0. The second kappa shape index (κ2) is 6.82. The zero-order valence-electron chi connectivity index (χ0n) is 13.6. The second-order valence-electron chi connectivity index (χ2n) is 5.81. The van der Waals surface area contributed by atoms with Crippen LogP contribution in [0.4, 0.5) is 0 Å². The van der Waals surface area contributed by atoms with Crippen molar-refractivity contribution < 1.29 is 9.21 Å². The van der Waals surface area contributed by atoms with E-state index >= 15 is 0 Å². The van der Waals surface area contributed by atoms with Crippen LogP contribution in [0.2, 0.25) is 0 Å². The lowest BCUT2D eigenvalue weighted by atomic mass is 10.2. The summed E-state index contributed by atoms with van der Waals surface area (Å²) in [6, 6.07) is 11.7. The molecular weight excluding hydrogens is 352 g/mol. The third kappa shape index (κ3) is 3.50. The van der Waals surface area contributed by atoms with E-state index in [0.29, 0.717) is 0 Å². The van der Waals surface area contributed by atoms with Crippen LogP contribution in [0.25, 0.3) is 21.5 Å². The summed E-state index contributed by atoms with van der Waals surface area (Å²) in [5.41, 5.74) is 2.73. The maximum absolute atomic E-state index is 12.3. The number of rotatable bonds is 5. The van der Waals surface area contributed by atoms with Crippen LogP contribution >= 0.6 is 22.7 Å². The number of fused-ring (bicyclic) bond motifs is 1. The molecule has 6 heteroatoms. The van der Waals surface area contributed by atoms with Crippen molar-refractivity contribution in [3.05, 3.63) is 64.0 Å². The number of carbonyl (C=O) groups excluding carboxylic acids is 1. The third-order valence-electron chi connectivity index (χ3n) is 3.91. The van der Waals surface area contributed by atoms with E-state index in [-0.39, 0.29) is 18.4 Å². The molecule has 3 aromatic heterocycles. The summed E-state index contributed by atoms with van der Waals surface area (Å²) in [5.74, 6) is 0.696. The van der Waals surface area contributed by atoms with Gasteiger partial charge < -0.3 is 9.73 Å². The first-order chi connectivity index (χ1) is 12.2. The molecule has 0 bridgehead atoms. The molecule has 0 aliphatic heterocycles. The minimum atomic E-state index is -0.185. The number of carbonyl (C=O) groups is 1. The van der Waals surface area contributed by atoms with Crippen molar-refractivity contribution in [2.45, 2.75) is 19.4 Å². The smallest absolute Gasteiger partial charge is 0.226 e. The van der Waals surface area contributed by atoms with Gasteiger partial charge in [-0.2, -0.15) is 11.3 Å². The lowest BCUT2D eigenvalue weighted by molar-refractivity contribution is -0.121. The summed E-state index contributed by atoms with van der Waals surface area (Å²) < 4.78 is 5.81. The number of benzene rings is 1. The van der Waals surface area contributed by atoms with Crippen LogP contribution in [0.3, 0.4) is 0 Å². The number of aromatic nitrogens is 1. The largest absolute Gasteiger partial charge is 0.459 e. The highest BCUT2D eigenvalue weighted by Crippen LogP contribution is 2.26. The van der Waals surface area contributed by atoms with Crippen molar-refractivity contribution in [2.24, 2.45) is 0 Å². The first-order valence-corrected chi connectivity index (χ1v) is 9.76. The predicted molar refractivity (Wildman–Crippen MR) is 102 cm³/mol. The van der Waals surface area contributed by atoms with Gasteiger partial charge in [-0.3, -0.25) is 4.79 Å². The van der Waals surface area contributed by atoms with Crippen LogP contribution in [-0.4, -0.2) is 10.9 Å². The fraction of sp³-hybridized carbons (Fsp3) is 0.158. The van der Waals surface area contributed by atoms with Crippen molar-refractivity contribution in [2.75, 3.05) is 0 Å². The molecule has 4 aromatic rings. The Morgan fingerprint density at radius 1 is 1.28 bits per heavy atom. The van der Waals surface area contributed by atoms with Gasteiger partial charge in [0, 0.05) is 21.7 Å². The van der Waals surface area contributed by atoms with Crippen LogP contribution in [0.1, 0.15) is 24.4 Å². The molecule has 0 spiro atoms. The summed E-state index contributed by atoms with van der Waals surface area (Å²) in [6.45, 7) is 1.92. The van der Waals surface area contributed by atoms with E-state index in [1.54, 1.807) is 22.7 Å². The fourth-order valence-electron chi connectivity index (χ4n) is 2.65. The van der Waals surface area contributed by atoms with E-state index in [9.17, 15) is 4.79 Å². The van der Waals surface area contributed by atoms with Gasteiger partial charge >= 0.3 is 0 Å². The van der Waals surface area contributed by atoms with E-state index < -0.39 is 0 Å². The maximum atomic E-state index is 12.3. The number of thiophene rings is 1. The fourth-order valence-corrected chi connectivity index (χ4v) is 4.18. The highest BCUT2D eigenvalue weighted by molar-refractivity contribution is 7.14. The normalized spacial score (nSPS) is 12.4. The average Bonchev–Trinajstić information content (AvgIpc) is 3.34. The molecule has 4 rings (SSSR count). The third-order valence-corrected chi connectivity index (χ3v) is 5.53. The first-order valence-electron chi connectivity index (χ1n) is 7.94. The highest BCUT2D eigenvalue weighted by atomic mass is 32.1. The van der Waals surface area contributed by atoms with Crippen molar-refractivity contribution in [1.82, 2.24) is 10.3 Å². The number of amides is 1. The van der Waals surface area contributed by atoms with E-state index in [2.05, 4.69) is 15.7 Å². The molecule has 0 fully saturated rings. The average molecular weight is 368 g/mol. The molecule has 0 saturated carbocycles. The molecular formula is C19H16N2O2S2. The van der Waals surface area contributed by atoms with Crippen LogP contribution in [0.5, 0.6) is 0 Å². The lowest BCUT2D eigenvalue weighted by Gasteiger charge is -2.10. The van der Waals surface area contributed by atoms with Gasteiger partial charge in [0.25, 0.3) is 0 Å². The van der Waals surface area contributed by atoms with Crippen molar-refractivity contribution in [3.63, 3.8) is 0 Å². The Labute approximate surface area is 153 Å². The molecule has 25 heavy (non-hydrogen) atoms. The first kappa shape index (κ1) is 16.1. The summed E-state index contributed by atoms with van der Waals surface area (Å²) in [6.07, 6.45) is 0.269. The summed E-state index contributed by atoms with van der Waals surface area (Å²) >= 11 is 3.21. The number of para-hydroxylation sites is 1. The Balaban J connectivity index is 1.41. The van der Waals surface area contributed by atoms with Gasteiger partial charge in [-0.1, -0.05) is 18.2 Å². The van der Waals surface area contributed by atoms with E-state index in [4.69, 9.17) is 4.42 Å². The van der Waals surface area contributed by atoms with Gasteiger partial charge in [0.05, 0.1) is 18.2 Å². The molecule has 4 nitrogen and oxygen atoms in total. The van der Waals surface area contributed by atoms with Gasteiger partial charge in [-0.25, -0.2) is 4.98 Å². The number of nitrogens with one attached hydrogen (secondary N) is 1. The van der Waals surface area contributed by atoms with Gasteiger partial charge in [0.1, 0.15) is 16.4 Å². The number of hydrogen-bond acceptors (Lipinski definition) is 5. The number of thiazole rings is 1. The summed E-state index contributed by atoms with van der Waals surface area (Å²) in [4.78, 5) is 16.9. The number of nitrogens with zero attached hydrogens (tertiary/aromatic N) is 1. The Morgan fingerprint density at radius 2 is 2.16 bits per heavy atom. The van der Waals surface area contributed by atoms with Gasteiger partial charge in [-0.05, 0) is 30.5 Å². The molecule has 0 aliphatic carbocycles. The molecule has 1 aromatic carbocycles. The molecule has 0 aliphatic rings. The number of furan rings is 1. The molecule has 0 radical (unpaired) electrons. The van der Waals surface area contributed by atoms with E-state index in [1.165, 1.54) is 0 Å². The van der Waals surface area contributed by atoms with Crippen LogP contribution < -0.4 is 5.32 Å². The quantitative estimate of drug-likeness (QED) is 0.537. The Morgan fingerprint density at radius 3 is 2.96 bits per heavy atom. The standard InChI is InChI=1S/C19H16N2O2S2/c1-12(17-8-13-4-2-3-5-16(13)23-17)20-18(22)9-15-11-25-19(21-15)14-6-7-24-10-14/h2-8,10-12H,9H2,1H3,(H,20,22). The van der Waals surface area contributed by atoms with Gasteiger partial charge in [-0.15, -0.1) is 11.3 Å². The minimum Gasteiger partial charge on any atom is -0.459 e. The van der Waals surface area contributed by atoms with Gasteiger partial charge in [0.15, 0.2) is 0 Å². The molecule has 3 heterocycles. The molecule has 0 saturated heterocycles. The highest BCUT2D eigenvalue weighted by Gasteiger charge is 2.15. The Bertz CT molecular complexity index is 968. The van der Waals surface area contributed by atoms with Crippen LogP contribution in [0.15, 0.2) is 57.0 Å². The molecule has 1 unspecified atom stereocenters. The molecule has 1 atom stereocenters. The zero-order valence-corrected chi connectivity index (χ0v) is 15.2. The predicted octanol–water partition coefficient (Wildman–Crippen LogP) is 5.04. The second-order valence-corrected chi connectivity index (χ2v) is 7.45. The lowest BCUT2D eigenvalue weighted by Crippen LogP contribution is -2.27. The minimum absolute atomic E-state index is 0.0601. The Kier molecular flexibility index (Phi) is 4.38. The maximum Gasteiger partial charge on any atom is 0.226 e. The van der Waals surface area contributed by atoms with Crippen molar-refractivity contribution >= 4 is 39.5 Å². The molecule has 1 N–H and O–H groups in total. The topological polar surface area (TPSA) is 55.1 Å². The Hall–Kier alpha value is -2.44. The van der Waals surface area contributed by atoms with Crippen LogP contribution in [-0.2, 0) is 11.2 Å². The van der Waals surface area contributed by atoms with Gasteiger partial charge in [0.2, 0.25) is 5.91 Å². The summed E-state index contributed by atoms with van der Waals surface area (Å²) in [5, 5.41) is 11.0. The number of hydrogen-bond donors (Lipinski definition) is 1. The molecule has 1 amide bonds.